The van der Waals surface area contributed by atoms with Crippen LogP contribution in [0.3, 0.4) is 0 Å². The lowest BCUT2D eigenvalue weighted by atomic mass is 10.1. The number of para-hydroxylation sites is 1. The number of aliphatic hydroxyl groups is 1. The first-order valence-corrected chi connectivity index (χ1v) is 9.34. The Morgan fingerprint density at radius 2 is 1.79 bits per heavy atom. The van der Waals surface area contributed by atoms with E-state index in [1.165, 1.54) is 0 Å². The van der Waals surface area contributed by atoms with Crippen molar-refractivity contribution in [2.24, 2.45) is 0 Å². The van der Waals surface area contributed by atoms with Gasteiger partial charge in [0.2, 0.25) is 0 Å². The monoisotopic (exact) mass is 398 g/mol. The summed E-state index contributed by atoms with van der Waals surface area (Å²) in [5.41, 5.74) is 0.231. The van der Waals surface area contributed by atoms with E-state index < -0.39 is 6.10 Å². The van der Waals surface area contributed by atoms with Crippen molar-refractivity contribution in [3.05, 3.63) is 60.3 Å². The highest BCUT2D eigenvalue weighted by atomic mass is 32.1. The Labute approximate surface area is 168 Å². The molecule has 2 atom stereocenters. The van der Waals surface area contributed by atoms with Crippen molar-refractivity contribution in [2.75, 3.05) is 13.2 Å². The smallest absolute Gasteiger partial charge is 0.273 e. The van der Waals surface area contributed by atoms with Gasteiger partial charge in [-0.3, -0.25) is 10.1 Å². The predicted molar refractivity (Wildman–Crippen MR) is 110 cm³/mol. The summed E-state index contributed by atoms with van der Waals surface area (Å²) in [4.78, 5) is 12.6. The average Bonchev–Trinajstić information content (AvgIpc) is 2.72. The molecule has 0 aliphatic heterocycles. The molecule has 28 heavy (non-hydrogen) atoms. The van der Waals surface area contributed by atoms with Crippen LogP contribution >= 0.6 is 12.6 Å². The van der Waals surface area contributed by atoms with Gasteiger partial charge in [0, 0.05) is 17.3 Å². The van der Waals surface area contributed by atoms with Crippen molar-refractivity contribution in [1.29, 1.82) is 0 Å². The van der Waals surface area contributed by atoms with Crippen LogP contribution in [-0.2, 0) is 0 Å². The molecule has 7 nitrogen and oxygen atoms in total. The summed E-state index contributed by atoms with van der Waals surface area (Å²) in [6.45, 7) is 2.19. The fourth-order valence-corrected chi connectivity index (χ4v) is 2.89. The number of thiol groups is 1. The van der Waals surface area contributed by atoms with Crippen LogP contribution in [0.2, 0.25) is 0 Å². The Kier molecular flexibility index (Phi) is 6.80. The molecule has 3 rings (SSSR count). The van der Waals surface area contributed by atoms with E-state index in [9.17, 15) is 9.90 Å². The van der Waals surface area contributed by atoms with Crippen LogP contribution in [0.1, 0.15) is 17.4 Å². The number of nitrogens with one attached hydrogen (secondary N) is 2. The summed E-state index contributed by atoms with van der Waals surface area (Å²) >= 11 is 4.28. The first kappa shape index (κ1) is 20.1. The minimum absolute atomic E-state index is 0.150. The van der Waals surface area contributed by atoms with E-state index in [0.717, 1.165) is 5.39 Å². The van der Waals surface area contributed by atoms with Gasteiger partial charge in [-0.25, -0.2) is 0 Å². The summed E-state index contributed by atoms with van der Waals surface area (Å²) in [5.74, 6) is 0.341. The Morgan fingerprint density at radius 3 is 2.54 bits per heavy atom. The van der Waals surface area contributed by atoms with Gasteiger partial charge in [0.15, 0.2) is 5.69 Å². The van der Waals surface area contributed by atoms with Crippen molar-refractivity contribution in [1.82, 2.24) is 20.8 Å². The number of nitrogens with zero attached hydrogens (tertiary/aromatic N) is 2. The van der Waals surface area contributed by atoms with Crippen LogP contribution in [0.4, 0.5) is 0 Å². The van der Waals surface area contributed by atoms with Crippen LogP contribution in [-0.4, -0.2) is 46.6 Å². The van der Waals surface area contributed by atoms with Crippen molar-refractivity contribution in [3.8, 4) is 5.75 Å². The number of fused-ring (bicyclic) bond motifs is 1. The second-order valence-electron chi connectivity index (χ2n) is 6.30. The van der Waals surface area contributed by atoms with Crippen LogP contribution in [0.25, 0.3) is 10.8 Å². The predicted octanol–water partition coefficient (Wildman–Crippen LogP) is 2.02. The van der Waals surface area contributed by atoms with Crippen molar-refractivity contribution in [3.63, 3.8) is 0 Å². The molecule has 0 aliphatic carbocycles. The van der Waals surface area contributed by atoms with E-state index in [2.05, 4.69) is 33.5 Å². The maximum atomic E-state index is 12.6. The van der Waals surface area contributed by atoms with Crippen LogP contribution in [0, 0.1) is 0 Å². The zero-order chi connectivity index (χ0) is 19.9. The molecule has 0 radical (unpaired) electrons. The molecule has 2 unspecified atom stereocenters. The van der Waals surface area contributed by atoms with Crippen molar-refractivity contribution < 1.29 is 14.6 Å². The average molecular weight is 398 g/mol. The fourth-order valence-electron chi connectivity index (χ4n) is 2.65. The number of benzene rings is 2. The summed E-state index contributed by atoms with van der Waals surface area (Å²) in [5, 5.41) is 25.8. The van der Waals surface area contributed by atoms with Gasteiger partial charge in [0.05, 0.1) is 6.17 Å². The molecule has 1 heterocycles. The Bertz CT molecular complexity index is 939. The van der Waals surface area contributed by atoms with Crippen molar-refractivity contribution in [2.45, 2.75) is 24.2 Å². The van der Waals surface area contributed by atoms with Gasteiger partial charge in [-0.2, -0.15) is 0 Å². The number of ether oxygens (including phenoxy) is 1. The lowest BCUT2D eigenvalue weighted by Gasteiger charge is -2.19. The third-order valence-corrected chi connectivity index (χ3v) is 4.41. The van der Waals surface area contributed by atoms with Gasteiger partial charge in [-0.1, -0.05) is 42.5 Å². The molecular formula is C20H22N4O3S. The molecule has 3 aromatic rings. The van der Waals surface area contributed by atoms with Gasteiger partial charge >= 0.3 is 0 Å². The lowest BCUT2D eigenvalue weighted by Crippen LogP contribution is -2.46. The molecule has 0 bridgehead atoms. The largest absolute Gasteiger partial charge is 0.491 e. The summed E-state index contributed by atoms with van der Waals surface area (Å²) in [6.07, 6.45) is -1.10. The highest BCUT2D eigenvalue weighted by Gasteiger charge is 2.17. The normalized spacial score (nSPS) is 13.1. The lowest BCUT2D eigenvalue weighted by molar-refractivity contribution is 0.0891. The molecule has 1 aromatic heterocycles. The molecule has 8 heteroatoms. The van der Waals surface area contributed by atoms with E-state index in [1.54, 1.807) is 13.0 Å². The molecular weight excluding hydrogens is 376 g/mol. The number of amides is 1. The van der Waals surface area contributed by atoms with Crippen LogP contribution in [0.15, 0.2) is 59.6 Å². The van der Waals surface area contributed by atoms with Gasteiger partial charge in [0.25, 0.3) is 5.91 Å². The van der Waals surface area contributed by atoms with Gasteiger partial charge in [-0.15, -0.1) is 22.8 Å². The summed E-state index contributed by atoms with van der Waals surface area (Å²) < 4.78 is 5.51. The van der Waals surface area contributed by atoms with Gasteiger partial charge in [0.1, 0.15) is 23.5 Å². The molecule has 0 saturated carbocycles. The Morgan fingerprint density at radius 1 is 1.11 bits per heavy atom. The molecule has 0 aliphatic rings. The second kappa shape index (κ2) is 9.50. The molecule has 0 fully saturated rings. The minimum atomic E-state index is -0.719. The number of carbonyl (C=O) groups excluding carboxylic acids is 1. The molecule has 2 aromatic carbocycles. The Balaban J connectivity index is 1.51. The highest BCUT2D eigenvalue weighted by molar-refractivity contribution is 7.80. The third-order valence-electron chi connectivity index (χ3n) is 4.08. The maximum Gasteiger partial charge on any atom is 0.273 e. The molecule has 0 saturated heterocycles. The van der Waals surface area contributed by atoms with Gasteiger partial charge in [-0.05, 0) is 19.1 Å². The van der Waals surface area contributed by atoms with E-state index in [1.807, 2.05) is 48.5 Å². The first-order chi connectivity index (χ1) is 13.5. The standard InChI is InChI=1S/C20H22N4O3S/c1-13(21-11-14(25)12-27-15-7-3-2-4-8-15)22-19(26)18-16-9-5-6-10-17(16)20(28)24-23-18/h2-10,13-14,21,25H,11-12H2,1H3,(H,22,26)(H,24,28). The SMILES string of the molecule is CC(NCC(O)COc1ccccc1)NC(=O)c1nnc(S)c2ccccc12. The number of hydrogen-bond donors (Lipinski definition) is 4. The van der Waals surface area contributed by atoms with Crippen molar-refractivity contribution >= 4 is 29.3 Å². The summed E-state index contributed by atoms with van der Waals surface area (Å²) in [6, 6.07) is 16.6. The van der Waals surface area contributed by atoms with Crippen LogP contribution in [0.5, 0.6) is 5.75 Å². The minimum Gasteiger partial charge on any atom is -0.491 e. The third kappa shape index (κ3) is 5.19. The zero-order valence-corrected chi connectivity index (χ0v) is 16.3. The topological polar surface area (TPSA) is 96.4 Å². The number of aliphatic hydroxyl groups excluding tert-OH is 1. The number of rotatable bonds is 8. The van der Waals surface area contributed by atoms with E-state index in [4.69, 9.17) is 4.74 Å². The zero-order valence-electron chi connectivity index (χ0n) is 15.4. The first-order valence-electron chi connectivity index (χ1n) is 8.89. The molecule has 0 spiro atoms. The fraction of sp³-hybridized carbons (Fsp3) is 0.250. The molecule has 3 N–H and O–H groups in total. The maximum absolute atomic E-state index is 12.6. The summed E-state index contributed by atoms with van der Waals surface area (Å²) in [7, 11) is 0. The van der Waals surface area contributed by atoms with E-state index >= 15 is 0 Å². The second-order valence-corrected chi connectivity index (χ2v) is 6.72. The Hall–Kier alpha value is -2.68. The highest BCUT2D eigenvalue weighted by Crippen LogP contribution is 2.21. The number of aromatic nitrogens is 2. The molecule has 146 valence electrons. The quantitative estimate of drug-likeness (QED) is 0.343. The van der Waals surface area contributed by atoms with E-state index in [-0.39, 0.29) is 30.9 Å². The van der Waals surface area contributed by atoms with Gasteiger partial charge < -0.3 is 15.2 Å². The number of carbonyl (C=O) groups is 1. The number of hydrogen-bond acceptors (Lipinski definition) is 7. The molecule has 1 amide bonds. The van der Waals surface area contributed by atoms with Crippen LogP contribution < -0.4 is 15.4 Å². The van der Waals surface area contributed by atoms with E-state index in [0.29, 0.717) is 16.2 Å².